The van der Waals surface area contributed by atoms with E-state index < -0.39 is 30.6 Å². The van der Waals surface area contributed by atoms with Gasteiger partial charge in [0.05, 0.1) is 13.2 Å². The summed E-state index contributed by atoms with van der Waals surface area (Å²) in [5.74, 6) is -0.518. The van der Waals surface area contributed by atoms with Gasteiger partial charge in [0.2, 0.25) is 0 Å². The van der Waals surface area contributed by atoms with Crippen molar-refractivity contribution in [3.8, 4) is 0 Å². The van der Waals surface area contributed by atoms with Crippen LogP contribution >= 0.6 is 0 Å². The highest BCUT2D eigenvalue weighted by Crippen LogP contribution is 2.20. The average molecular weight is 282 g/mol. The van der Waals surface area contributed by atoms with Crippen LogP contribution in [0.3, 0.4) is 0 Å². The lowest BCUT2D eigenvalue weighted by molar-refractivity contribution is -0.271. The number of hydrogen-bond donors (Lipinski definition) is 2. The van der Waals surface area contributed by atoms with E-state index in [0.717, 1.165) is 5.56 Å². The van der Waals surface area contributed by atoms with Gasteiger partial charge in [0.25, 0.3) is 0 Å². The molecule has 110 valence electrons. The van der Waals surface area contributed by atoms with Gasteiger partial charge in [0, 0.05) is 6.92 Å². The minimum Gasteiger partial charge on any atom is -0.457 e. The van der Waals surface area contributed by atoms with E-state index in [2.05, 4.69) is 0 Å². The Kier molecular flexibility index (Phi) is 5.08. The maximum Gasteiger partial charge on any atom is 0.303 e. The van der Waals surface area contributed by atoms with Crippen molar-refractivity contribution in [2.24, 2.45) is 0 Å². The first-order valence-corrected chi connectivity index (χ1v) is 6.38. The Balaban J connectivity index is 1.95. The molecule has 0 amide bonds. The van der Waals surface area contributed by atoms with Crippen LogP contribution in [0.25, 0.3) is 0 Å². The van der Waals surface area contributed by atoms with Crippen LogP contribution in [-0.4, -0.2) is 47.4 Å². The van der Waals surface area contributed by atoms with E-state index in [0.29, 0.717) is 0 Å². The molecule has 0 saturated carbocycles. The number of hydrogen-bond acceptors (Lipinski definition) is 6. The first-order chi connectivity index (χ1) is 9.58. The van der Waals surface area contributed by atoms with Crippen molar-refractivity contribution in [1.29, 1.82) is 0 Å². The van der Waals surface area contributed by atoms with Crippen LogP contribution in [0, 0.1) is 0 Å². The lowest BCUT2D eigenvalue weighted by atomic mass is 10.0. The molecule has 6 nitrogen and oxygen atoms in total. The standard InChI is InChI=1S/C14H18O6/c1-9(15)20-11-8-19-14(17)13(12(11)16)18-7-10-5-3-2-4-6-10/h2-6,11-14,16-17H,7-8H2,1H3/t11-,12-,13+,14-/m0/s1. The molecular formula is C14H18O6. The van der Waals surface area contributed by atoms with Gasteiger partial charge < -0.3 is 24.4 Å². The molecule has 2 rings (SSSR count). The summed E-state index contributed by atoms with van der Waals surface area (Å²) in [6.07, 6.45) is -4.18. The minimum absolute atomic E-state index is 0.0624. The number of carbonyl (C=O) groups is 1. The molecule has 0 spiro atoms. The number of benzene rings is 1. The van der Waals surface area contributed by atoms with Gasteiger partial charge in [-0.3, -0.25) is 4.79 Å². The second-order valence-electron chi connectivity index (χ2n) is 4.62. The SMILES string of the molecule is CC(=O)O[C@H]1CO[C@H](O)[C@H](OCc2ccccc2)[C@H]1O. The van der Waals surface area contributed by atoms with Crippen LogP contribution in [0.1, 0.15) is 12.5 Å². The molecule has 0 radical (unpaired) electrons. The van der Waals surface area contributed by atoms with Crippen molar-refractivity contribution in [2.75, 3.05) is 6.61 Å². The summed E-state index contributed by atoms with van der Waals surface area (Å²) in [6, 6.07) is 9.35. The first-order valence-electron chi connectivity index (χ1n) is 6.38. The second kappa shape index (κ2) is 6.81. The maximum atomic E-state index is 10.9. The molecular weight excluding hydrogens is 264 g/mol. The fourth-order valence-corrected chi connectivity index (χ4v) is 2.03. The average Bonchev–Trinajstić information content (AvgIpc) is 2.43. The van der Waals surface area contributed by atoms with Gasteiger partial charge in [-0.25, -0.2) is 0 Å². The van der Waals surface area contributed by atoms with E-state index in [1.54, 1.807) is 0 Å². The highest BCUT2D eigenvalue weighted by atomic mass is 16.7. The van der Waals surface area contributed by atoms with Crippen LogP contribution in [-0.2, 0) is 25.6 Å². The summed E-state index contributed by atoms with van der Waals surface area (Å²) in [4.78, 5) is 10.9. The van der Waals surface area contributed by atoms with Gasteiger partial charge >= 0.3 is 5.97 Å². The summed E-state index contributed by atoms with van der Waals surface area (Å²) in [7, 11) is 0. The Labute approximate surface area is 116 Å². The summed E-state index contributed by atoms with van der Waals surface area (Å²) >= 11 is 0. The summed E-state index contributed by atoms with van der Waals surface area (Å²) in [6.45, 7) is 1.40. The molecule has 1 heterocycles. The van der Waals surface area contributed by atoms with Crippen LogP contribution in [0.15, 0.2) is 30.3 Å². The fraction of sp³-hybridized carbons (Fsp3) is 0.500. The molecule has 1 fully saturated rings. The third kappa shape index (κ3) is 3.77. The zero-order valence-corrected chi connectivity index (χ0v) is 11.1. The van der Waals surface area contributed by atoms with Crippen LogP contribution < -0.4 is 0 Å². The van der Waals surface area contributed by atoms with E-state index in [-0.39, 0.29) is 13.2 Å². The topological polar surface area (TPSA) is 85.2 Å². The van der Waals surface area contributed by atoms with Gasteiger partial charge in [-0.2, -0.15) is 0 Å². The lowest BCUT2D eigenvalue weighted by Gasteiger charge is -2.36. The third-order valence-corrected chi connectivity index (χ3v) is 3.03. The monoisotopic (exact) mass is 282 g/mol. The molecule has 4 atom stereocenters. The number of carbonyl (C=O) groups excluding carboxylic acids is 1. The molecule has 2 N–H and O–H groups in total. The van der Waals surface area contributed by atoms with Crippen molar-refractivity contribution in [2.45, 2.75) is 38.1 Å². The predicted octanol–water partition coefficient (Wildman–Crippen LogP) is 0.213. The van der Waals surface area contributed by atoms with Gasteiger partial charge in [-0.05, 0) is 5.56 Å². The molecule has 0 bridgehead atoms. The number of esters is 1. The Morgan fingerprint density at radius 1 is 1.35 bits per heavy atom. The second-order valence-corrected chi connectivity index (χ2v) is 4.62. The highest BCUT2D eigenvalue weighted by molar-refractivity contribution is 5.66. The smallest absolute Gasteiger partial charge is 0.303 e. The Bertz CT molecular complexity index is 435. The van der Waals surface area contributed by atoms with Crippen LogP contribution in [0.2, 0.25) is 0 Å². The van der Waals surface area contributed by atoms with Crippen molar-refractivity contribution >= 4 is 5.97 Å². The molecule has 1 aliphatic heterocycles. The number of rotatable bonds is 4. The van der Waals surface area contributed by atoms with E-state index >= 15 is 0 Å². The number of aliphatic hydroxyl groups is 2. The Morgan fingerprint density at radius 2 is 2.05 bits per heavy atom. The minimum atomic E-state index is -1.25. The van der Waals surface area contributed by atoms with E-state index in [9.17, 15) is 15.0 Å². The van der Waals surface area contributed by atoms with Crippen molar-refractivity contribution in [3.63, 3.8) is 0 Å². The van der Waals surface area contributed by atoms with Gasteiger partial charge in [-0.15, -0.1) is 0 Å². The fourth-order valence-electron chi connectivity index (χ4n) is 2.03. The van der Waals surface area contributed by atoms with Gasteiger partial charge in [-0.1, -0.05) is 30.3 Å². The zero-order chi connectivity index (χ0) is 14.5. The van der Waals surface area contributed by atoms with Gasteiger partial charge in [0.1, 0.15) is 12.2 Å². The van der Waals surface area contributed by atoms with E-state index in [1.165, 1.54) is 6.92 Å². The predicted molar refractivity (Wildman–Crippen MR) is 68.5 cm³/mol. The molecule has 1 aliphatic rings. The summed E-state index contributed by atoms with van der Waals surface area (Å²) in [5.41, 5.74) is 0.904. The number of ether oxygens (including phenoxy) is 3. The molecule has 6 heteroatoms. The Hall–Kier alpha value is -1.47. The quantitative estimate of drug-likeness (QED) is 0.768. The number of aliphatic hydroxyl groups excluding tert-OH is 2. The molecule has 1 saturated heterocycles. The van der Waals surface area contributed by atoms with E-state index in [1.807, 2.05) is 30.3 Å². The van der Waals surface area contributed by atoms with Crippen molar-refractivity contribution in [3.05, 3.63) is 35.9 Å². The normalized spacial score (nSPS) is 29.9. The van der Waals surface area contributed by atoms with E-state index in [4.69, 9.17) is 14.2 Å². The summed E-state index contributed by atoms with van der Waals surface area (Å²) < 4.78 is 15.5. The Morgan fingerprint density at radius 3 is 2.70 bits per heavy atom. The lowest BCUT2D eigenvalue weighted by Crippen LogP contribution is -2.55. The first kappa shape index (κ1) is 14.9. The molecule has 1 aromatic rings. The molecule has 1 aromatic carbocycles. The largest absolute Gasteiger partial charge is 0.457 e. The molecule has 0 unspecified atom stereocenters. The summed E-state index contributed by atoms with van der Waals surface area (Å²) in [5, 5.41) is 19.8. The zero-order valence-electron chi connectivity index (χ0n) is 11.1. The highest BCUT2D eigenvalue weighted by Gasteiger charge is 2.41. The van der Waals surface area contributed by atoms with Crippen molar-refractivity contribution < 1.29 is 29.2 Å². The van der Waals surface area contributed by atoms with Gasteiger partial charge in [0.15, 0.2) is 12.4 Å². The molecule has 0 aromatic heterocycles. The molecule has 20 heavy (non-hydrogen) atoms. The third-order valence-electron chi connectivity index (χ3n) is 3.03. The van der Waals surface area contributed by atoms with Crippen LogP contribution in [0.5, 0.6) is 0 Å². The molecule has 0 aliphatic carbocycles. The van der Waals surface area contributed by atoms with Crippen LogP contribution in [0.4, 0.5) is 0 Å². The van der Waals surface area contributed by atoms with Crippen molar-refractivity contribution in [1.82, 2.24) is 0 Å². The maximum absolute atomic E-state index is 10.9.